The maximum Gasteiger partial charge on any atom is 0.254 e. The summed E-state index contributed by atoms with van der Waals surface area (Å²) in [5, 5.41) is 18.5. The fraction of sp³-hybridized carbons (Fsp3) is 0.333. The lowest BCUT2D eigenvalue weighted by Crippen LogP contribution is -2.49. The quantitative estimate of drug-likeness (QED) is 0.478. The number of anilines is 3. The van der Waals surface area contributed by atoms with Crippen molar-refractivity contribution in [2.24, 2.45) is 5.14 Å². The average molecular weight is 557 g/mol. The van der Waals surface area contributed by atoms with E-state index >= 15 is 0 Å². The van der Waals surface area contributed by atoms with Crippen LogP contribution < -0.4 is 20.3 Å². The molecule has 3 N–H and O–H groups in total. The van der Waals surface area contributed by atoms with Crippen LogP contribution in [0.25, 0.3) is 0 Å². The molecule has 2 saturated heterocycles. The molecule has 0 atom stereocenters. The first-order valence-electron chi connectivity index (χ1n) is 13.4. The van der Waals surface area contributed by atoms with Crippen molar-refractivity contribution in [3.05, 3.63) is 83.4 Å². The van der Waals surface area contributed by atoms with Gasteiger partial charge in [0, 0.05) is 56.6 Å². The number of amides is 1. The molecule has 2 heterocycles. The number of hydrogen-bond donors (Lipinski definition) is 2. The number of nitriles is 1. The maximum atomic E-state index is 13.4. The molecule has 0 spiro atoms. The zero-order valence-electron chi connectivity index (χ0n) is 22.4. The van der Waals surface area contributed by atoms with Crippen molar-refractivity contribution in [1.82, 2.24) is 4.90 Å². The molecule has 0 aliphatic carbocycles. The number of carbonyl (C=O) groups excluding carboxylic acids is 1. The number of nitrogens with zero attached hydrogens (tertiary/aromatic N) is 4. The lowest BCUT2D eigenvalue weighted by atomic mass is 10.0. The zero-order chi connectivity index (χ0) is 28.3. The highest BCUT2D eigenvalue weighted by Gasteiger charge is 2.26. The monoisotopic (exact) mass is 556 g/mol. The number of nitrogens with one attached hydrogen (secondary N) is 1. The molecule has 40 heavy (non-hydrogen) atoms. The second kappa shape index (κ2) is 11.5. The van der Waals surface area contributed by atoms with Crippen LogP contribution in [-0.2, 0) is 10.0 Å². The summed E-state index contributed by atoms with van der Waals surface area (Å²) in [5.74, 6) is -0.0431. The van der Waals surface area contributed by atoms with Crippen molar-refractivity contribution in [2.45, 2.75) is 30.7 Å². The average Bonchev–Trinajstić information content (AvgIpc) is 2.98. The molecule has 2 fully saturated rings. The number of nitrogens with two attached hydrogens (primary N) is 1. The summed E-state index contributed by atoms with van der Waals surface area (Å²) in [4.78, 5) is 19.5. The molecule has 3 aromatic rings. The minimum absolute atomic E-state index is 0.0431. The number of piperazine rings is 1. The molecule has 9 nitrogen and oxygen atoms in total. The van der Waals surface area contributed by atoms with Crippen LogP contribution in [0.4, 0.5) is 17.1 Å². The van der Waals surface area contributed by atoms with Crippen LogP contribution in [0.5, 0.6) is 0 Å². The second-order valence-electron chi connectivity index (χ2n) is 10.2. The largest absolute Gasteiger partial charge is 0.382 e. The molecule has 0 saturated carbocycles. The van der Waals surface area contributed by atoms with Crippen molar-refractivity contribution < 1.29 is 13.2 Å². The van der Waals surface area contributed by atoms with Crippen molar-refractivity contribution in [3.63, 3.8) is 0 Å². The van der Waals surface area contributed by atoms with Crippen molar-refractivity contribution in [1.29, 1.82) is 5.26 Å². The predicted octanol–water partition coefficient (Wildman–Crippen LogP) is 3.16. The number of hydrogen-bond acceptors (Lipinski definition) is 7. The van der Waals surface area contributed by atoms with Crippen molar-refractivity contribution in [2.75, 3.05) is 54.4 Å². The van der Waals surface area contributed by atoms with Crippen LogP contribution in [0, 0.1) is 30.4 Å². The Labute approximate surface area is 235 Å². The van der Waals surface area contributed by atoms with Gasteiger partial charge in [-0.1, -0.05) is 24.3 Å². The van der Waals surface area contributed by atoms with Gasteiger partial charge in [0.2, 0.25) is 10.0 Å². The lowest BCUT2D eigenvalue weighted by molar-refractivity contribution is 0.0746. The Morgan fingerprint density at radius 3 is 2.40 bits per heavy atom. The van der Waals surface area contributed by atoms with Crippen LogP contribution >= 0.6 is 0 Å². The molecule has 2 aliphatic heterocycles. The molecule has 0 bridgehead atoms. The summed E-state index contributed by atoms with van der Waals surface area (Å²) >= 11 is 0. The SMILES string of the molecule is Cc1ccc(C(=O)N2CCN(c3ccccc3S(N)(=O)=O)CC2)cc1NC1CCN(c2ccc#cc2C#N)CC1. The molecule has 1 amide bonds. The molecule has 0 aromatic heterocycles. The van der Waals surface area contributed by atoms with E-state index in [9.17, 15) is 18.5 Å². The number of aryl methyl sites for hydroxylation is 1. The molecule has 0 unspecified atom stereocenters. The lowest BCUT2D eigenvalue weighted by Gasteiger charge is -2.37. The third-order valence-electron chi connectivity index (χ3n) is 7.65. The Bertz CT molecular complexity index is 1530. The highest BCUT2D eigenvalue weighted by atomic mass is 32.2. The third-order valence-corrected chi connectivity index (χ3v) is 8.61. The van der Waals surface area contributed by atoms with Gasteiger partial charge in [-0.05, 0) is 67.8 Å². The van der Waals surface area contributed by atoms with E-state index in [4.69, 9.17) is 5.14 Å². The Morgan fingerprint density at radius 1 is 1.00 bits per heavy atom. The summed E-state index contributed by atoms with van der Waals surface area (Å²) in [6.45, 7) is 5.65. The summed E-state index contributed by atoms with van der Waals surface area (Å²) in [6.07, 6.45) is 1.81. The van der Waals surface area contributed by atoms with E-state index in [1.54, 1.807) is 24.3 Å². The zero-order valence-corrected chi connectivity index (χ0v) is 23.2. The first kappa shape index (κ1) is 27.3. The van der Waals surface area contributed by atoms with E-state index in [0.29, 0.717) is 43.0 Å². The van der Waals surface area contributed by atoms with Gasteiger partial charge in [-0.3, -0.25) is 4.79 Å². The summed E-state index contributed by atoms with van der Waals surface area (Å²) in [5.41, 5.74) is 4.63. The summed E-state index contributed by atoms with van der Waals surface area (Å²) in [7, 11) is -3.84. The van der Waals surface area contributed by atoms with E-state index in [1.165, 1.54) is 6.07 Å². The molecule has 2 aliphatic rings. The van der Waals surface area contributed by atoms with Gasteiger partial charge in [-0.25, -0.2) is 13.6 Å². The van der Waals surface area contributed by atoms with Crippen LogP contribution in [0.3, 0.4) is 0 Å². The van der Waals surface area contributed by atoms with Crippen LogP contribution in [0.15, 0.2) is 59.5 Å². The number of primary sulfonamides is 1. The summed E-state index contributed by atoms with van der Waals surface area (Å²) < 4.78 is 24.1. The molecule has 10 heteroatoms. The third kappa shape index (κ3) is 5.84. The van der Waals surface area contributed by atoms with Gasteiger partial charge in [0.15, 0.2) is 0 Å². The van der Waals surface area contributed by atoms with E-state index in [-0.39, 0.29) is 16.8 Å². The van der Waals surface area contributed by atoms with Crippen molar-refractivity contribution >= 4 is 33.0 Å². The highest BCUT2D eigenvalue weighted by molar-refractivity contribution is 7.89. The number of sulfonamides is 1. The Hall–Kier alpha value is -4.25. The number of carbonyl (C=O) groups is 1. The molecular formula is C30H32N6O3S. The minimum atomic E-state index is -3.84. The standard InChI is InChI=1S/C30H32N6O3S/c1-22-10-11-23(20-26(22)33-25-12-14-34(15-13-25)27-7-3-2-6-24(27)21-31)30(37)36-18-16-35(17-19-36)28-8-4-5-9-29(28)40(32,38)39/h3-5,7-11,20,25,33H,12-19H2,1H3,(H2,32,38,39). The number of benzene rings is 2. The molecule has 3 aromatic carbocycles. The molecule has 5 rings (SSSR count). The second-order valence-corrected chi connectivity index (χ2v) is 11.7. The van der Waals surface area contributed by atoms with Gasteiger partial charge in [-0.15, -0.1) is 0 Å². The smallest absolute Gasteiger partial charge is 0.254 e. The van der Waals surface area contributed by atoms with Gasteiger partial charge in [0.1, 0.15) is 16.5 Å². The number of rotatable bonds is 6. The van der Waals surface area contributed by atoms with Gasteiger partial charge in [0.25, 0.3) is 5.91 Å². The molecule has 206 valence electrons. The molecular weight excluding hydrogens is 524 g/mol. The topological polar surface area (TPSA) is 123 Å². The normalized spacial score (nSPS) is 16.3. The first-order chi connectivity index (χ1) is 19.2. The summed E-state index contributed by atoms with van der Waals surface area (Å²) in [6, 6.07) is 24.4. The Kier molecular flexibility index (Phi) is 7.83. The van der Waals surface area contributed by atoms with Crippen molar-refractivity contribution in [3.8, 4) is 6.07 Å². The predicted molar refractivity (Wildman–Crippen MR) is 155 cm³/mol. The van der Waals surface area contributed by atoms with Gasteiger partial charge in [0.05, 0.1) is 11.4 Å². The van der Waals surface area contributed by atoms with E-state index in [2.05, 4.69) is 28.4 Å². The van der Waals surface area contributed by atoms with E-state index < -0.39 is 10.0 Å². The van der Waals surface area contributed by atoms with Gasteiger partial charge in [-0.2, -0.15) is 5.26 Å². The molecule has 0 radical (unpaired) electrons. The van der Waals surface area contributed by atoms with Crippen LogP contribution in [0.2, 0.25) is 0 Å². The highest BCUT2D eigenvalue weighted by Crippen LogP contribution is 2.28. The maximum absolute atomic E-state index is 13.4. The van der Waals surface area contributed by atoms with Gasteiger partial charge < -0.3 is 20.0 Å². The van der Waals surface area contributed by atoms with E-state index in [1.807, 2.05) is 41.0 Å². The van der Waals surface area contributed by atoms with Gasteiger partial charge >= 0.3 is 0 Å². The fourth-order valence-corrected chi connectivity index (χ4v) is 6.17. The van der Waals surface area contributed by atoms with Crippen LogP contribution in [0.1, 0.15) is 34.3 Å². The van der Waals surface area contributed by atoms with Crippen LogP contribution in [-0.4, -0.2) is 64.5 Å². The Morgan fingerprint density at radius 2 is 1.70 bits per heavy atom. The number of para-hydroxylation sites is 1. The van der Waals surface area contributed by atoms with E-state index in [0.717, 1.165) is 42.9 Å². The Balaban J connectivity index is 1.21. The number of piperidine rings is 1. The minimum Gasteiger partial charge on any atom is -0.382 e. The fourth-order valence-electron chi connectivity index (χ4n) is 5.42. The first-order valence-corrected chi connectivity index (χ1v) is 14.9.